The molecule has 60 valence electrons. The Labute approximate surface area is 62.9 Å². The first kappa shape index (κ1) is 9.69. The van der Waals surface area contributed by atoms with Crippen LogP contribution in [0.15, 0.2) is 12.2 Å². The minimum absolute atomic E-state index is 0.303. The average molecular weight is 162 g/mol. The van der Waals surface area contributed by atoms with E-state index in [9.17, 15) is 8.42 Å². The zero-order valence-electron chi connectivity index (χ0n) is 6.50. The third kappa shape index (κ3) is 7.69. The van der Waals surface area contributed by atoms with Gasteiger partial charge in [-0.3, -0.25) is 0 Å². The summed E-state index contributed by atoms with van der Waals surface area (Å²) in [4.78, 5) is 0. The van der Waals surface area contributed by atoms with Crippen LogP contribution in [0, 0.1) is 0 Å². The summed E-state index contributed by atoms with van der Waals surface area (Å²) in [6.07, 6.45) is 6.78. The minimum Gasteiger partial charge on any atom is -0.229 e. The van der Waals surface area contributed by atoms with Crippen LogP contribution in [0.4, 0.5) is 0 Å². The summed E-state index contributed by atoms with van der Waals surface area (Å²) in [5, 5.41) is 0. The normalized spacial score (nSPS) is 12.6. The van der Waals surface area contributed by atoms with Gasteiger partial charge in [0.15, 0.2) is 0 Å². The molecular formula is C7H14O2S. The molecule has 0 aliphatic heterocycles. The fraction of sp³-hybridized carbons (Fsp3) is 0.714. The number of hydrogen-bond donors (Lipinski definition) is 0. The Morgan fingerprint density at radius 1 is 1.40 bits per heavy atom. The standard InChI is InChI=1S/C7H14O2S/c1-3-4-5-6-7-10(2,8)9/h3-4H,5-7H2,1-2H3. The summed E-state index contributed by atoms with van der Waals surface area (Å²) < 4.78 is 21.1. The topological polar surface area (TPSA) is 34.1 Å². The average Bonchev–Trinajstić information content (AvgIpc) is 1.78. The molecule has 0 aliphatic carbocycles. The number of rotatable bonds is 4. The van der Waals surface area contributed by atoms with Crippen molar-refractivity contribution in [2.75, 3.05) is 12.0 Å². The molecule has 0 spiro atoms. The number of unbranched alkanes of at least 4 members (excludes halogenated alkanes) is 1. The second kappa shape index (κ2) is 4.50. The lowest BCUT2D eigenvalue weighted by Gasteiger charge is -1.92. The van der Waals surface area contributed by atoms with E-state index in [1.807, 2.05) is 19.1 Å². The van der Waals surface area contributed by atoms with Crippen molar-refractivity contribution < 1.29 is 8.42 Å². The van der Waals surface area contributed by atoms with Gasteiger partial charge < -0.3 is 0 Å². The predicted octanol–water partition coefficient (Wildman–Crippen LogP) is 1.39. The second-order valence-electron chi connectivity index (χ2n) is 2.34. The molecule has 0 amide bonds. The highest BCUT2D eigenvalue weighted by atomic mass is 32.2. The minimum atomic E-state index is -2.74. The van der Waals surface area contributed by atoms with Gasteiger partial charge in [-0.25, -0.2) is 8.42 Å². The van der Waals surface area contributed by atoms with E-state index >= 15 is 0 Å². The van der Waals surface area contributed by atoms with Crippen LogP contribution in [-0.2, 0) is 9.84 Å². The van der Waals surface area contributed by atoms with Gasteiger partial charge in [0.2, 0.25) is 0 Å². The first-order chi connectivity index (χ1) is 4.56. The first-order valence-corrected chi connectivity index (χ1v) is 5.41. The maximum absolute atomic E-state index is 10.6. The van der Waals surface area contributed by atoms with E-state index in [1.165, 1.54) is 6.26 Å². The first-order valence-electron chi connectivity index (χ1n) is 3.35. The van der Waals surface area contributed by atoms with Gasteiger partial charge in [-0.1, -0.05) is 12.2 Å². The maximum Gasteiger partial charge on any atom is 0.147 e. The third-order valence-corrected chi connectivity index (χ3v) is 2.15. The van der Waals surface area contributed by atoms with Crippen LogP contribution in [0.25, 0.3) is 0 Å². The van der Waals surface area contributed by atoms with E-state index in [4.69, 9.17) is 0 Å². The van der Waals surface area contributed by atoms with E-state index in [0.717, 1.165) is 12.8 Å². The molecule has 0 heterocycles. The molecule has 0 radical (unpaired) electrons. The van der Waals surface area contributed by atoms with Crippen LogP contribution in [0.2, 0.25) is 0 Å². The molecule has 0 atom stereocenters. The monoisotopic (exact) mass is 162 g/mol. The fourth-order valence-electron chi connectivity index (χ4n) is 0.630. The van der Waals surface area contributed by atoms with Gasteiger partial charge in [0.05, 0.1) is 5.75 Å². The maximum atomic E-state index is 10.6. The Hall–Kier alpha value is -0.310. The van der Waals surface area contributed by atoms with Crippen LogP contribution in [0.3, 0.4) is 0 Å². The Kier molecular flexibility index (Phi) is 4.36. The molecule has 0 saturated carbocycles. The zero-order valence-corrected chi connectivity index (χ0v) is 7.32. The Balaban J connectivity index is 3.39. The molecule has 0 rings (SSSR count). The van der Waals surface area contributed by atoms with Crippen LogP contribution in [-0.4, -0.2) is 20.4 Å². The quantitative estimate of drug-likeness (QED) is 0.462. The van der Waals surface area contributed by atoms with Crippen molar-refractivity contribution in [2.24, 2.45) is 0 Å². The summed E-state index contributed by atoms with van der Waals surface area (Å²) in [6.45, 7) is 1.93. The lowest BCUT2D eigenvalue weighted by Crippen LogP contribution is -2.01. The summed E-state index contributed by atoms with van der Waals surface area (Å²) >= 11 is 0. The van der Waals surface area contributed by atoms with Gasteiger partial charge in [0.1, 0.15) is 9.84 Å². The SMILES string of the molecule is CC=CCCCS(C)(=O)=O. The van der Waals surface area contributed by atoms with Crippen LogP contribution in [0.5, 0.6) is 0 Å². The number of allylic oxidation sites excluding steroid dienone is 2. The van der Waals surface area contributed by atoms with E-state index in [2.05, 4.69) is 0 Å². The molecule has 0 N–H and O–H groups in total. The molecule has 10 heavy (non-hydrogen) atoms. The summed E-state index contributed by atoms with van der Waals surface area (Å²) in [5.74, 6) is 0.303. The lowest BCUT2D eigenvalue weighted by atomic mass is 10.3. The van der Waals surface area contributed by atoms with E-state index < -0.39 is 9.84 Å². The zero-order chi connectivity index (χ0) is 8.04. The van der Waals surface area contributed by atoms with Gasteiger partial charge in [0.25, 0.3) is 0 Å². The van der Waals surface area contributed by atoms with Crippen molar-refractivity contribution in [2.45, 2.75) is 19.8 Å². The van der Waals surface area contributed by atoms with Crippen molar-refractivity contribution in [3.8, 4) is 0 Å². The van der Waals surface area contributed by atoms with Gasteiger partial charge >= 0.3 is 0 Å². The van der Waals surface area contributed by atoms with Crippen LogP contribution in [0.1, 0.15) is 19.8 Å². The Morgan fingerprint density at radius 3 is 2.40 bits per heavy atom. The molecule has 0 unspecified atom stereocenters. The summed E-state index contributed by atoms with van der Waals surface area (Å²) in [5.41, 5.74) is 0. The van der Waals surface area contributed by atoms with Crippen LogP contribution >= 0.6 is 0 Å². The largest absolute Gasteiger partial charge is 0.229 e. The van der Waals surface area contributed by atoms with Gasteiger partial charge in [0, 0.05) is 6.26 Å². The van der Waals surface area contributed by atoms with Gasteiger partial charge in [-0.15, -0.1) is 0 Å². The molecular weight excluding hydrogens is 148 g/mol. The lowest BCUT2D eigenvalue weighted by molar-refractivity contribution is 0.599. The summed E-state index contributed by atoms with van der Waals surface area (Å²) in [6, 6.07) is 0. The smallest absolute Gasteiger partial charge is 0.147 e. The van der Waals surface area contributed by atoms with E-state index in [0.29, 0.717) is 5.75 Å². The highest BCUT2D eigenvalue weighted by Gasteiger charge is 1.98. The molecule has 0 bridgehead atoms. The van der Waals surface area contributed by atoms with Crippen molar-refractivity contribution in [3.63, 3.8) is 0 Å². The number of sulfone groups is 1. The molecule has 0 aromatic carbocycles. The van der Waals surface area contributed by atoms with Crippen molar-refractivity contribution in [1.82, 2.24) is 0 Å². The molecule has 0 saturated heterocycles. The summed E-state index contributed by atoms with van der Waals surface area (Å²) in [7, 11) is -2.74. The van der Waals surface area contributed by atoms with E-state index in [-0.39, 0.29) is 0 Å². The molecule has 0 fully saturated rings. The molecule has 2 nitrogen and oxygen atoms in total. The molecule has 0 aliphatic rings. The van der Waals surface area contributed by atoms with Crippen LogP contribution < -0.4 is 0 Å². The molecule has 3 heteroatoms. The van der Waals surface area contributed by atoms with Crippen molar-refractivity contribution >= 4 is 9.84 Å². The highest BCUT2D eigenvalue weighted by Crippen LogP contribution is 1.94. The highest BCUT2D eigenvalue weighted by molar-refractivity contribution is 7.90. The third-order valence-electron chi connectivity index (χ3n) is 1.12. The number of hydrogen-bond acceptors (Lipinski definition) is 2. The fourth-order valence-corrected chi connectivity index (χ4v) is 1.32. The van der Waals surface area contributed by atoms with Gasteiger partial charge in [-0.05, 0) is 19.8 Å². The second-order valence-corrected chi connectivity index (χ2v) is 4.60. The predicted molar refractivity (Wildman–Crippen MR) is 43.8 cm³/mol. The van der Waals surface area contributed by atoms with Crippen molar-refractivity contribution in [1.29, 1.82) is 0 Å². The molecule has 0 aromatic rings. The van der Waals surface area contributed by atoms with E-state index in [1.54, 1.807) is 0 Å². The van der Waals surface area contributed by atoms with Gasteiger partial charge in [-0.2, -0.15) is 0 Å². The Morgan fingerprint density at radius 2 is 2.00 bits per heavy atom. The Bertz CT molecular complexity index is 190. The van der Waals surface area contributed by atoms with Crippen molar-refractivity contribution in [3.05, 3.63) is 12.2 Å². The molecule has 0 aromatic heterocycles.